The molecule has 0 fully saturated rings. The second kappa shape index (κ2) is 7.20. The molecule has 2 aromatic rings. The standard InChI is InChI=1S/C15H15BrClFN2O/c1-9(2)19-7-10-5-15(20-8-12(10)17)21-14-6-11(16)3-4-13(14)18/h3-6,8-9,19H,7H2,1-2H3. The highest BCUT2D eigenvalue weighted by Crippen LogP contribution is 2.28. The summed E-state index contributed by atoms with van der Waals surface area (Å²) in [7, 11) is 0. The molecule has 0 bridgehead atoms. The van der Waals surface area contributed by atoms with Crippen LogP contribution in [0.1, 0.15) is 19.4 Å². The smallest absolute Gasteiger partial charge is 0.219 e. The Bertz CT molecular complexity index is 637. The van der Waals surface area contributed by atoms with Gasteiger partial charge >= 0.3 is 0 Å². The van der Waals surface area contributed by atoms with Crippen molar-refractivity contribution in [2.75, 3.05) is 0 Å². The number of nitrogens with zero attached hydrogens (tertiary/aromatic N) is 1. The lowest BCUT2D eigenvalue weighted by Crippen LogP contribution is -2.22. The molecule has 0 radical (unpaired) electrons. The maximum absolute atomic E-state index is 13.7. The van der Waals surface area contributed by atoms with E-state index in [1.54, 1.807) is 18.2 Å². The van der Waals surface area contributed by atoms with E-state index in [0.29, 0.717) is 23.5 Å². The van der Waals surface area contributed by atoms with Crippen molar-refractivity contribution in [1.82, 2.24) is 10.3 Å². The van der Waals surface area contributed by atoms with E-state index in [4.69, 9.17) is 16.3 Å². The first-order chi connectivity index (χ1) is 9.95. The van der Waals surface area contributed by atoms with E-state index >= 15 is 0 Å². The average molecular weight is 374 g/mol. The molecule has 0 atom stereocenters. The highest BCUT2D eigenvalue weighted by atomic mass is 79.9. The average Bonchev–Trinajstić information content (AvgIpc) is 2.43. The van der Waals surface area contributed by atoms with Crippen LogP contribution in [0.3, 0.4) is 0 Å². The summed E-state index contributed by atoms with van der Waals surface area (Å²) < 4.78 is 19.9. The van der Waals surface area contributed by atoms with Crippen molar-refractivity contribution in [3.05, 3.63) is 51.3 Å². The summed E-state index contributed by atoms with van der Waals surface area (Å²) in [5.74, 6) is -0.0317. The molecule has 1 heterocycles. The van der Waals surface area contributed by atoms with Crippen LogP contribution in [-0.4, -0.2) is 11.0 Å². The van der Waals surface area contributed by atoms with Gasteiger partial charge in [0.2, 0.25) is 5.88 Å². The molecule has 2 rings (SSSR count). The highest BCUT2D eigenvalue weighted by molar-refractivity contribution is 9.10. The number of rotatable bonds is 5. The normalized spacial score (nSPS) is 11.0. The lowest BCUT2D eigenvalue weighted by Gasteiger charge is -2.11. The lowest BCUT2D eigenvalue weighted by atomic mass is 10.2. The molecule has 1 N–H and O–H groups in total. The maximum atomic E-state index is 13.7. The minimum atomic E-state index is -0.447. The van der Waals surface area contributed by atoms with Crippen LogP contribution in [0.4, 0.5) is 4.39 Å². The molecule has 0 amide bonds. The Morgan fingerprint density at radius 1 is 1.38 bits per heavy atom. The first-order valence-electron chi connectivity index (χ1n) is 6.46. The second-order valence-electron chi connectivity index (χ2n) is 4.83. The van der Waals surface area contributed by atoms with Crippen molar-refractivity contribution < 1.29 is 9.13 Å². The van der Waals surface area contributed by atoms with Crippen molar-refractivity contribution in [3.63, 3.8) is 0 Å². The van der Waals surface area contributed by atoms with E-state index in [9.17, 15) is 4.39 Å². The van der Waals surface area contributed by atoms with E-state index in [0.717, 1.165) is 10.0 Å². The number of ether oxygens (including phenoxy) is 1. The van der Waals surface area contributed by atoms with Gasteiger partial charge < -0.3 is 10.1 Å². The Balaban J connectivity index is 2.20. The highest BCUT2D eigenvalue weighted by Gasteiger charge is 2.09. The largest absolute Gasteiger partial charge is 0.436 e. The molecule has 0 aliphatic heterocycles. The maximum Gasteiger partial charge on any atom is 0.219 e. The molecule has 0 saturated heterocycles. The monoisotopic (exact) mass is 372 g/mol. The SMILES string of the molecule is CC(C)NCc1cc(Oc2cc(Br)ccc2F)ncc1Cl. The van der Waals surface area contributed by atoms with Crippen molar-refractivity contribution in [2.24, 2.45) is 0 Å². The van der Waals surface area contributed by atoms with Gasteiger partial charge in [0.05, 0.1) is 5.02 Å². The molecule has 112 valence electrons. The third kappa shape index (κ3) is 4.66. The van der Waals surface area contributed by atoms with Crippen molar-refractivity contribution >= 4 is 27.5 Å². The van der Waals surface area contributed by atoms with Gasteiger partial charge in [-0.05, 0) is 23.8 Å². The van der Waals surface area contributed by atoms with Crippen LogP contribution in [0.25, 0.3) is 0 Å². The van der Waals surface area contributed by atoms with Gasteiger partial charge in [-0.2, -0.15) is 0 Å². The van der Waals surface area contributed by atoms with Crippen LogP contribution >= 0.6 is 27.5 Å². The molecule has 21 heavy (non-hydrogen) atoms. The summed E-state index contributed by atoms with van der Waals surface area (Å²) in [4.78, 5) is 4.07. The van der Waals surface area contributed by atoms with Gasteiger partial charge in [0.25, 0.3) is 0 Å². The Morgan fingerprint density at radius 3 is 2.86 bits per heavy atom. The van der Waals surface area contributed by atoms with Gasteiger partial charge in [0.1, 0.15) is 0 Å². The number of benzene rings is 1. The summed E-state index contributed by atoms with van der Waals surface area (Å²) in [5, 5.41) is 3.81. The third-order valence-electron chi connectivity index (χ3n) is 2.72. The Morgan fingerprint density at radius 2 is 2.14 bits per heavy atom. The Hall–Kier alpha value is -1.17. The lowest BCUT2D eigenvalue weighted by molar-refractivity contribution is 0.426. The van der Waals surface area contributed by atoms with Crippen molar-refractivity contribution in [1.29, 1.82) is 0 Å². The zero-order chi connectivity index (χ0) is 15.4. The number of hydrogen-bond donors (Lipinski definition) is 1. The molecule has 6 heteroatoms. The van der Waals surface area contributed by atoms with Crippen LogP contribution in [0.2, 0.25) is 5.02 Å². The van der Waals surface area contributed by atoms with Gasteiger partial charge in [-0.1, -0.05) is 41.4 Å². The van der Waals surface area contributed by atoms with Gasteiger partial charge in [0.15, 0.2) is 11.6 Å². The first kappa shape index (κ1) is 16.2. The van der Waals surface area contributed by atoms with E-state index < -0.39 is 5.82 Å². The Labute approximate surface area is 136 Å². The van der Waals surface area contributed by atoms with Gasteiger partial charge in [0, 0.05) is 29.3 Å². The number of pyridine rings is 1. The van der Waals surface area contributed by atoms with E-state index in [-0.39, 0.29) is 5.75 Å². The topological polar surface area (TPSA) is 34.1 Å². The number of aromatic nitrogens is 1. The Kier molecular flexibility index (Phi) is 5.56. The fraction of sp³-hybridized carbons (Fsp3) is 0.267. The zero-order valence-electron chi connectivity index (χ0n) is 11.7. The summed E-state index contributed by atoms with van der Waals surface area (Å²) in [6.07, 6.45) is 1.50. The molecule has 0 spiro atoms. The molecular formula is C15H15BrClFN2O. The van der Waals surface area contributed by atoms with E-state index in [2.05, 4.69) is 26.2 Å². The third-order valence-corrected chi connectivity index (χ3v) is 3.55. The summed E-state index contributed by atoms with van der Waals surface area (Å²) in [6, 6.07) is 6.53. The quantitative estimate of drug-likeness (QED) is 0.807. The van der Waals surface area contributed by atoms with Crippen LogP contribution in [-0.2, 0) is 6.54 Å². The second-order valence-corrected chi connectivity index (χ2v) is 6.15. The molecule has 1 aromatic carbocycles. The van der Waals surface area contributed by atoms with Crippen LogP contribution < -0.4 is 10.1 Å². The minimum Gasteiger partial charge on any atom is -0.436 e. The molecule has 0 aliphatic rings. The van der Waals surface area contributed by atoms with Crippen molar-refractivity contribution in [3.8, 4) is 11.6 Å². The molecule has 3 nitrogen and oxygen atoms in total. The fourth-order valence-electron chi connectivity index (χ4n) is 1.63. The van der Waals surface area contributed by atoms with E-state index in [1.165, 1.54) is 12.3 Å². The number of halogens is 3. The molecule has 0 saturated carbocycles. The molecule has 0 aliphatic carbocycles. The molecular weight excluding hydrogens is 359 g/mol. The fourth-order valence-corrected chi connectivity index (χ4v) is 2.14. The van der Waals surface area contributed by atoms with Crippen molar-refractivity contribution in [2.45, 2.75) is 26.4 Å². The summed E-state index contributed by atoms with van der Waals surface area (Å²) in [6.45, 7) is 4.68. The summed E-state index contributed by atoms with van der Waals surface area (Å²) >= 11 is 9.38. The minimum absolute atomic E-state index is 0.113. The van der Waals surface area contributed by atoms with Gasteiger partial charge in [-0.25, -0.2) is 9.37 Å². The predicted octanol–water partition coefficient (Wildman–Crippen LogP) is 4.93. The number of nitrogens with one attached hydrogen (secondary N) is 1. The van der Waals surface area contributed by atoms with Crippen LogP contribution in [0.5, 0.6) is 11.6 Å². The summed E-state index contributed by atoms with van der Waals surface area (Å²) in [5.41, 5.74) is 0.853. The molecule has 0 unspecified atom stereocenters. The zero-order valence-corrected chi connectivity index (χ0v) is 14.0. The number of hydrogen-bond acceptors (Lipinski definition) is 3. The molecule has 1 aromatic heterocycles. The van der Waals surface area contributed by atoms with Gasteiger partial charge in [-0.3, -0.25) is 0 Å². The van der Waals surface area contributed by atoms with Crippen LogP contribution in [0, 0.1) is 5.82 Å². The van der Waals surface area contributed by atoms with E-state index in [1.807, 2.05) is 13.8 Å². The van der Waals surface area contributed by atoms with Crippen LogP contribution in [0.15, 0.2) is 34.9 Å². The first-order valence-corrected chi connectivity index (χ1v) is 7.63. The van der Waals surface area contributed by atoms with Gasteiger partial charge in [-0.15, -0.1) is 0 Å². The predicted molar refractivity (Wildman–Crippen MR) is 85.4 cm³/mol.